The summed E-state index contributed by atoms with van der Waals surface area (Å²) in [5, 5.41) is 0. The standard InChI is InChI=1S/C10H18OS/c1-9(2)5-6-12-7-10(3,4)8(9)11/h5-7H2,1-4H3. The van der Waals surface area contributed by atoms with E-state index in [4.69, 9.17) is 0 Å². The molecular formula is C10H18OS. The largest absolute Gasteiger partial charge is 0.298 e. The molecule has 1 nitrogen and oxygen atoms in total. The summed E-state index contributed by atoms with van der Waals surface area (Å²) in [5.41, 5.74) is -0.225. The van der Waals surface area contributed by atoms with Crippen LogP contribution in [-0.4, -0.2) is 17.3 Å². The highest BCUT2D eigenvalue weighted by Crippen LogP contribution is 2.39. The highest BCUT2D eigenvalue weighted by atomic mass is 32.2. The third kappa shape index (κ3) is 1.85. The predicted octanol–water partition coefficient (Wildman–Crippen LogP) is 2.74. The third-order valence-corrected chi connectivity index (χ3v) is 3.98. The molecule has 0 unspecified atom stereocenters. The van der Waals surface area contributed by atoms with Crippen LogP contribution in [0.15, 0.2) is 0 Å². The molecule has 1 aliphatic heterocycles. The van der Waals surface area contributed by atoms with E-state index in [1.807, 2.05) is 11.8 Å². The van der Waals surface area contributed by atoms with E-state index in [0.29, 0.717) is 5.78 Å². The van der Waals surface area contributed by atoms with Gasteiger partial charge in [-0.15, -0.1) is 0 Å². The minimum Gasteiger partial charge on any atom is -0.298 e. The van der Waals surface area contributed by atoms with E-state index in [-0.39, 0.29) is 10.8 Å². The molecule has 0 aromatic heterocycles. The van der Waals surface area contributed by atoms with Crippen LogP contribution in [0.2, 0.25) is 0 Å². The van der Waals surface area contributed by atoms with Gasteiger partial charge in [-0.25, -0.2) is 0 Å². The Balaban J connectivity index is 2.89. The molecule has 0 aromatic rings. The van der Waals surface area contributed by atoms with Crippen molar-refractivity contribution in [3.63, 3.8) is 0 Å². The zero-order valence-electron chi connectivity index (χ0n) is 8.44. The van der Waals surface area contributed by atoms with Crippen molar-refractivity contribution in [3.8, 4) is 0 Å². The molecule has 1 rings (SSSR count). The Bertz CT molecular complexity index is 174. The molecule has 0 aromatic carbocycles. The van der Waals surface area contributed by atoms with E-state index < -0.39 is 0 Å². The van der Waals surface area contributed by atoms with Gasteiger partial charge in [-0.2, -0.15) is 11.8 Å². The van der Waals surface area contributed by atoms with Crippen molar-refractivity contribution in [3.05, 3.63) is 0 Å². The van der Waals surface area contributed by atoms with E-state index in [1.54, 1.807) is 0 Å². The van der Waals surface area contributed by atoms with Crippen molar-refractivity contribution >= 4 is 17.5 Å². The summed E-state index contributed by atoms with van der Waals surface area (Å²) in [6.45, 7) is 8.27. The Morgan fingerprint density at radius 3 is 2.33 bits per heavy atom. The van der Waals surface area contributed by atoms with Crippen LogP contribution in [-0.2, 0) is 4.79 Å². The molecule has 1 aliphatic rings. The monoisotopic (exact) mass is 186 g/mol. The second-order valence-corrected chi connectivity index (χ2v) is 6.00. The normalized spacial score (nSPS) is 28.2. The molecule has 1 saturated heterocycles. The van der Waals surface area contributed by atoms with Crippen molar-refractivity contribution in [2.45, 2.75) is 34.1 Å². The predicted molar refractivity (Wildman–Crippen MR) is 54.5 cm³/mol. The number of ketones is 1. The lowest BCUT2D eigenvalue weighted by molar-refractivity contribution is -0.134. The van der Waals surface area contributed by atoms with Gasteiger partial charge in [0.2, 0.25) is 0 Å². The molecule has 0 bridgehead atoms. The van der Waals surface area contributed by atoms with Crippen molar-refractivity contribution in [2.24, 2.45) is 10.8 Å². The summed E-state index contributed by atoms with van der Waals surface area (Å²) in [5.74, 6) is 2.54. The topological polar surface area (TPSA) is 17.1 Å². The average molecular weight is 186 g/mol. The second-order valence-electron chi connectivity index (χ2n) is 4.90. The first kappa shape index (κ1) is 10.1. The van der Waals surface area contributed by atoms with E-state index in [1.165, 1.54) is 0 Å². The summed E-state index contributed by atoms with van der Waals surface area (Å²) in [6.07, 6.45) is 1.03. The Hall–Kier alpha value is 0.0200. The van der Waals surface area contributed by atoms with Gasteiger partial charge < -0.3 is 0 Å². The zero-order valence-corrected chi connectivity index (χ0v) is 9.25. The molecule has 12 heavy (non-hydrogen) atoms. The van der Waals surface area contributed by atoms with Crippen LogP contribution in [0.5, 0.6) is 0 Å². The maximum Gasteiger partial charge on any atom is 0.144 e. The Morgan fingerprint density at radius 2 is 1.75 bits per heavy atom. The molecule has 70 valence electrons. The molecule has 0 aliphatic carbocycles. The summed E-state index contributed by atoms with van der Waals surface area (Å²) >= 11 is 1.91. The third-order valence-electron chi connectivity index (χ3n) is 2.56. The van der Waals surface area contributed by atoms with Crippen molar-refractivity contribution < 1.29 is 4.79 Å². The highest BCUT2D eigenvalue weighted by molar-refractivity contribution is 7.99. The van der Waals surface area contributed by atoms with Gasteiger partial charge in [0.25, 0.3) is 0 Å². The molecule has 0 saturated carbocycles. The number of carbonyl (C=O) groups is 1. The molecule has 0 amide bonds. The highest BCUT2D eigenvalue weighted by Gasteiger charge is 2.40. The Kier molecular flexibility index (Phi) is 2.57. The van der Waals surface area contributed by atoms with Gasteiger partial charge >= 0.3 is 0 Å². The zero-order chi connectivity index (χ0) is 9.41. The molecule has 1 heterocycles. The lowest BCUT2D eigenvalue weighted by Gasteiger charge is -2.29. The van der Waals surface area contributed by atoms with Gasteiger partial charge in [0, 0.05) is 16.6 Å². The fraction of sp³-hybridized carbons (Fsp3) is 0.900. The fourth-order valence-corrected chi connectivity index (χ4v) is 3.19. The first-order valence-electron chi connectivity index (χ1n) is 4.49. The second kappa shape index (κ2) is 3.06. The minimum atomic E-state index is -0.120. The number of hydrogen-bond acceptors (Lipinski definition) is 2. The molecule has 0 radical (unpaired) electrons. The minimum absolute atomic E-state index is 0.104. The molecule has 0 N–H and O–H groups in total. The van der Waals surface area contributed by atoms with Gasteiger partial charge in [0.05, 0.1) is 0 Å². The van der Waals surface area contributed by atoms with Crippen LogP contribution in [0.4, 0.5) is 0 Å². The number of rotatable bonds is 0. The van der Waals surface area contributed by atoms with Gasteiger partial charge in [0.15, 0.2) is 0 Å². The Labute approximate surface area is 79.3 Å². The molecule has 0 spiro atoms. The first-order chi connectivity index (χ1) is 5.36. The summed E-state index contributed by atoms with van der Waals surface area (Å²) in [6, 6.07) is 0. The lowest BCUT2D eigenvalue weighted by Crippen LogP contribution is -2.36. The fourth-order valence-electron chi connectivity index (χ4n) is 1.75. The van der Waals surface area contributed by atoms with Gasteiger partial charge in [-0.05, 0) is 12.2 Å². The smallest absolute Gasteiger partial charge is 0.144 e. The van der Waals surface area contributed by atoms with Crippen LogP contribution in [0.25, 0.3) is 0 Å². The number of carbonyl (C=O) groups excluding carboxylic acids is 1. The lowest BCUT2D eigenvalue weighted by atomic mass is 9.73. The van der Waals surface area contributed by atoms with Crippen LogP contribution < -0.4 is 0 Å². The van der Waals surface area contributed by atoms with E-state index in [9.17, 15) is 4.79 Å². The number of Topliss-reactive ketones (excluding diaryl/α,β-unsaturated/α-hetero) is 1. The van der Waals surface area contributed by atoms with Gasteiger partial charge in [-0.1, -0.05) is 27.7 Å². The summed E-state index contributed by atoms with van der Waals surface area (Å²) in [7, 11) is 0. The Morgan fingerprint density at radius 1 is 1.17 bits per heavy atom. The van der Waals surface area contributed by atoms with Crippen molar-refractivity contribution in [1.29, 1.82) is 0 Å². The van der Waals surface area contributed by atoms with Crippen molar-refractivity contribution in [2.75, 3.05) is 11.5 Å². The maximum atomic E-state index is 12.0. The summed E-state index contributed by atoms with van der Waals surface area (Å²) in [4.78, 5) is 12.0. The maximum absolute atomic E-state index is 12.0. The van der Waals surface area contributed by atoms with Crippen LogP contribution in [0.1, 0.15) is 34.1 Å². The van der Waals surface area contributed by atoms with Gasteiger partial charge in [-0.3, -0.25) is 4.79 Å². The number of hydrogen-bond donors (Lipinski definition) is 0. The van der Waals surface area contributed by atoms with E-state index in [2.05, 4.69) is 27.7 Å². The molecule has 0 atom stereocenters. The molecule has 2 heteroatoms. The molecular weight excluding hydrogens is 168 g/mol. The number of thioether (sulfide) groups is 1. The van der Waals surface area contributed by atoms with E-state index in [0.717, 1.165) is 17.9 Å². The quantitative estimate of drug-likeness (QED) is 0.578. The van der Waals surface area contributed by atoms with Crippen molar-refractivity contribution in [1.82, 2.24) is 0 Å². The SMILES string of the molecule is CC1(C)CCSCC(C)(C)C1=O. The van der Waals surface area contributed by atoms with Crippen LogP contribution in [0, 0.1) is 10.8 Å². The van der Waals surface area contributed by atoms with Crippen LogP contribution >= 0.6 is 11.8 Å². The van der Waals surface area contributed by atoms with Crippen LogP contribution in [0.3, 0.4) is 0 Å². The average Bonchev–Trinajstić information content (AvgIpc) is 2.02. The first-order valence-corrected chi connectivity index (χ1v) is 5.64. The van der Waals surface area contributed by atoms with E-state index >= 15 is 0 Å². The molecule has 1 fully saturated rings. The summed E-state index contributed by atoms with van der Waals surface area (Å²) < 4.78 is 0. The van der Waals surface area contributed by atoms with Gasteiger partial charge in [0.1, 0.15) is 5.78 Å².